The Hall–Kier alpha value is -1.88. The van der Waals surface area contributed by atoms with Gasteiger partial charge in [0, 0.05) is 5.56 Å². The van der Waals surface area contributed by atoms with Crippen molar-refractivity contribution in [3.05, 3.63) is 57.1 Å². The maximum Gasteiger partial charge on any atom is 0.291 e. The van der Waals surface area contributed by atoms with E-state index in [1.165, 1.54) is 6.07 Å². The SMILES string of the molecule is O=[N+]([O-])c1c(Br)cccc1-c1ccccc1O. The lowest BCUT2D eigenvalue weighted by Crippen LogP contribution is -1.93. The molecule has 0 aromatic heterocycles. The molecule has 0 atom stereocenters. The normalized spacial score (nSPS) is 10.2. The van der Waals surface area contributed by atoms with E-state index in [4.69, 9.17) is 0 Å². The van der Waals surface area contributed by atoms with Crippen LogP contribution < -0.4 is 0 Å². The lowest BCUT2D eigenvalue weighted by molar-refractivity contribution is -0.385. The Kier molecular flexibility index (Phi) is 3.10. The number of benzene rings is 2. The maximum absolute atomic E-state index is 11.0. The minimum absolute atomic E-state index is 0.0219. The van der Waals surface area contributed by atoms with Gasteiger partial charge in [0.25, 0.3) is 5.69 Å². The van der Waals surface area contributed by atoms with Crippen LogP contribution in [-0.4, -0.2) is 10.0 Å². The van der Waals surface area contributed by atoms with Crippen molar-refractivity contribution < 1.29 is 10.0 Å². The number of nitro groups is 1. The third-order valence-electron chi connectivity index (χ3n) is 2.36. The average molecular weight is 294 g/mol. The van der Waals surface area contributed by atoms with Crippen LogP contribution in [0.2, 0.25) is 0 Å². The maximum atomic E-state index is 11.0. The predicted molar refractivity (Wildman–Crippen MR) is 67.9 cm³/mol. The molecule has 0 fully saturated rings. The Balaban J connectivity index is 2.72. The molecule has 0 heterocycles. The van der Waals surface area contributed by atoms with Gasteiger partial charge in [-0.05, 0) is 34.1 Å². The standard InChI is InChI=1S/C12H8BrNO3/c13-10-6-3-5-9(12(10)14(16)17)8-4-1-2-7-11(8)15/h1-7,15H. The molecule has 0 saturated carbocycles. The summed E-state index contributed by atoms with van der Waals surface area (Å²) in [6.07, 6.45) is 0. The van der Waals surface area contributed by atoms with E-state index in [2.05, 4.69) is 15.9 Å². The Morgan fingerprint density at radius 1 is 1.06 bits per heavy atom. The molecule has 0 aliphatic rings. The van der Waals surface area contributed by atoms with Gasteiger partial charge in [0.05, 0.1) is 15.0 Å². The summed E-state index contributed by atoms with van der Waals surface area (Å²) in [5, 5.41) is 20.7. The highest BCUT2D eigenvalue weighted by atomic mass is 79.9. The summed E-state index contributed by atoms with van der Waals surface area (Å²) in [7, 11) is 0. The van der Waals surface area contributed by atoms with E-state index in [0.29, 0.717) is 15.6 Å². The summed E-state index contributed by atoms with van der Waals surface area (Å²) >= 11 is 3.15. The van der Waals surface area contributed by atoms with Crippen LogP contribution >= 0.6 is 15.9 Å². The fraction of sp³-hybridized carbons (Fsp3) is 0. The van der Waals surface area contributed by atoms with E-state index in [1.54, 1.807) is 36.4 Å². The number of para-hydroxylation sites is 2. The van der Waals surface area contributed by atoms with E-state index in [0.717, 1.165) is 0 Å². The molecule has 0 amide bonds. The van der Waals surface area contributed by atoms with Gasteiger partial charge in [0.1, 0.15) is 5.75 Å². The second-order valence-electron chi connectivity index (χ2n) is 3.41. The number of hydrogen-bond donors (Lipinski definition) is 1. The monoisotopic (exact) mass is 293 g/mol. The number of hydrogen-bond acceptors (Lipinski definition) is 3. The highest BCUT2D eigenvalue weighted by molar-refractivity contribution is 9.10. The lowest BCUT2D eigenvalue weighted by atomic mass is 10.0. The van der Waals surface area contributed by atoms with Gasteiger partial charge >= 0.3 is 0 Å². The Bertz CT molecular complexity index is 584. The largest absolute Gasteiger partial charge is 0.507 e. The highest BCUT2D eigenvalue weighted by Crippen LogP contribution is 2.39. The van der Waals surface area contributed by atoms with Crippen LogP contribution in [-0.2, 0) is 0 Å². The smallest absolute Gasteiger partial charge is 0.291 e. The van der Waals surface area contributed by atoms with Gasteiger partial charge in [-0.2, -0.15) is 0 Å². The van der Waals surface area contributed by atoms with Crippen LogP contribution in [0.15, 0.2) is 46.9 Å². The zero-order chi connectivity index (χ0) is 12.4. The van der Waals surface area contributed by atoms with Gasteiger partial charge in [-0.3, -0.25) is 10.1 Å². The van der Waals surface area contributed by atoms with Crippen molar-refractivity contribution in [1.82, 2.24) is 0 Å². The highest BCUT2D eigenvalue weighted by Gasteiger charge is 2.20. The minimum Gasteiger partial charge on any atom is -0.507 e. The molecule has 1 N–H and O–H groups in total. The van der Waals surface area contributed by atoms with Crippen LogP contribution in [0.3, 0.4) is 0 Å². The molecule has 17 heavy (non-hydrogen) atoms. The van der Waals surface area contributed by atoms with Crippen LogP contribution in [0.4, 0.5) is 5.69 Å². The molecule has 0 spiro atoms. The van der Waals surface area contributed by atoms with Crippen molar-refractivity contribution in [1.29, 1.82) is 0 Å². The van der Waals surface area contributed by atoms with Crippen molar-refractivity contribution in [2.24, 2.45) is 0 Å². The number of rotatable bonds is 2. The molecule has 86 valence electrons. The van der Waals surface area contributed by atoms with Gasteiger partial charge in [0.15, 0.2) is 0 Å². The van der Waals surface area contributed by atoms with E-state index < -0.39 is 4.92 Å². The summed E-state index contributed by atoms with van der Waals surface area (Å²) in [4.78, 5) is 10.6. The van der Waals surface area contributed by atoms with Crippen LogP contribution in [0.5, 0.6) is 5.75 Å². The molecular formula is C12H8BrNO3. The van der Waals surface area contributed by atoms with Gasteiger partial charge < -0.3 is 5.11 Å². The van der Waals surface area contributed by atoms with Crippen molar-refractivity contribution >= 4 is 21.6 Å². The molecule has 0 bridgehead atoms. The van der Waals surface area contributed by atoms with Crippen LogP contribution in [0.1, 0.15) is 0 Å². The first-order valence-corrected chi connectivity index (χ1v) is 5.62. The Morgan fingerprint density at radius 3 is 2.35 bits per heavy atom. The average Bonchev–Trinajstić information content (AvgIpc) is 2.28. The molecule has 0 aliphatic carbocycles. The number of nitro benzene ring substituents is 1. The van der Waals surface area contributed by atoms with Crippen molar-refractivity contribution in [3.63, 3.8) is 0 Å². The second-order valence-corrected chi connectivity index (χ2v) is 4.26. The molecule has 0 radical (unpaired) electrons. The first-order valence-electron chi connectivity index (χ1n) is 4.82. The molecule has 0 unspecified atom stereocenters. The molecule has 4 nitrogen and oxygen atoms in total. The summed E-state index contributed by atoms with van der Waals surface area (Å²) in [6.45, 7) is 0. The van der Waals surface area contributed by atoms with Gasteiger partial charge in [-0.15, -0.1) is 0 Å². The number of nitrogens with zero attached hydrogens (tertiary/aromatic N) is 1. The van der Waals surface area contributed by atoms with E-state index in [-0.39, 0.29) is 11.4 Å². The molecular weight excluding hydrogens is 286 g/mol. The molecule has 5 heteroatoms. The first-order chi connectivity index (χ1) is 8.11. The molecule has 2 aromatic rings. The van der Waals surface area contributed by atoms with Gasteiger partial charge in [-0.1, -0.05) is 24.3 Å². The van der Waals surface area contributed by atoms with Crippen LogP contribution in [0.25, 0.3) is 11.1 Å². The summed E-state index contributed by atoms with van der Waals surface area (Å²) in [5.41, 5.74) is 0.789. The summed E-state index contributed by atoms with van der Waals surface area (Å²) in [6, 6.07) is 11.4. The molecule has 0 saturated heterocycles. The fourth-order valence-electron chi connectivity index (χ4n) is 1.62. The minimum atomic E-state index is -0.466. The number of aromatic hydroxyl groups is 1. The Morgan fingerprint density at radius 2 is 1.71 bits per heavy atom. The number of phenolic OH excluding ortho intramolecular Hbond substituents is 1. The summed E-state index contributed by atoms with van der Waals surface area (Å²) in [5.74, 6) is 0.0219. The van der Waals surface area contributed by atoms with E-state index >= 15 is 0 Å². The zero-order valence-electron chi connectivity index (χ0n) is 8.63. The predicted octanol–water partition coefficient (Wildman–Crippen LogP) is 3.73. The quantitative estimate of drug-likeness (QED) is 0.678. The third-order valence-corrected chi connectivity index (χ3v) is 3.00. The van der Waals surface area contributed by atoms with Crippen LogP contribution in [0, 0.1) is 10.1 Å². The Labute approximate surface area is 106 Å². The van der Waals surface area contributed by atoms with Gasteiger partial charge in [-0.25, -0.2) is 0 Å². The van der Waals surface area contributed by atoms with Gasteiger partial charge in [0.2, 0.25) is 0 Å². The van der Waals surface area contributed by atoms with Crippen molar-refractivity contribution in [2.45, 2.75) is 0 Å². The van der Waals surface area contributed by atoms with Crippen molar-refractivity contribution in [3.8, 4) is 16.9 Å². The van der Waals surface area contributed by atoms with E-state index in [9.17, 15) is 15.2 Å². The zero-order valence-corrected chi connectivity index (χ0v) is 10.2. The lowest BCUT2D eigenvalue weighted by Gasteiger charge is -2.06. The number of phenols is 1. The fourth-order valence-corrected chi connectivity index (χ4v) is 2.13. The number of halogens is 1. The molecule has 2 rings (SSSR count). The topological polar surface area (TPSA) is 63.4 Å². The third kappa shape index (κ3) is 2.14. The second kappa shape index (κ2) is 4.55. The molecule has 2 aromatic carbocycles. The molecule has 0 aliphatic heterocycles. The first kappa shape index (κ1) is 11.6. The van der Waals surface area contributed by atoms with E-state index in [1.807, 2.05) is 0 Å². The summed E-state index contributed by atoms with van der Waals surface area (Å²) < 4.78 is 0.392. The van der Waals surface area contributed by atoms with Crippen molar-refractivity contribution in [2.75, 3.05) is 0 Å².